The lowest BCUT2D eigenvalue weighted by molar-refractivity contribution is -0.121. The molecule has 0 heterocycles. The van der Waals surface area contributed by atoms with Gasteiger partial charge in [0.1, 0.15) is 6.61 Å². The molecule has 2 N–H and O–H groups in total. The van der Waals surface area contributed by atoms with Gasteiger partial charge < -0.3 is 20.1 Å². The lowest BCUT2D eigenvalue weighted by atomic mass is 10.1. The zero-order valence-electron chi connectivity index (χ0n) is 12.9. The molecule has 0 unspecified atom stereocenters. The number of hydrogen-bond donors (Lipinski definition) is 2. The van der Waals surface area contributed by atoms with Gasteiger partial charge in [-0.2, -0.15) is 0 Å². The van der Waals surface area contributed by atoms with Crippen LogP contribution in [0.1, 0.15) is 24.2 Å². The summed E-state index contributed by atoms with van der Waals surface area (Å²) in [5.41, 5.74) is 0.798. The Morgan fingerprint density at radius 3 is 2.64 bits per heavy atom. The Labute approximate surface area is 135 Å². The van der Waals surface area contributed by atoms with Crippen LogP contribution in [-0.2, 0) is 14.3 Å². The smallest absolute Gasteiger partial charge is 0.251 e. The predicted molar refractivity (Wildman–Crippen MR) is 85.4 cm³/mol. The molecule has 0 aliphatic heterocycles. The second-order valence-electron chi connectivity index (χ2n) is 4.92. The molecule has 1 aromatic carbocycles. The summed E-state index contributed by atoms with van der Waals surface area (Å²) in [6, 6.07) is 4.73. The van der Waals surface area contributed by atoms with Gasteiger partial charge in [-0.25, -0.2) is 0 Å². The lowest BCUT2D eigenvalue weighted by Gasteiger charge is -2.11. The van der Waals surface area contributed by atoms with E-state index in [4.69, 9.17) is 21.1 Å². The van der Waals surface area contributed by atoms with Crippen molar-refractivity contribution in [2.75, 3.05) is 32.2 Å². The molecule has 0 aromatic heterocycles. The molecule has 2 amide bonds. The van der Waals surface area contributed by atoms with Crippen molar-refractivity contribution in [3.63, 3.8) is 0 Å². The van der Waals surface area contributed by atoms with Gasteiger partial charge in [0, 0.05) is 18.7 Å². The van der Waals surface area contributed by atoms with Gasteiger partial charge in [0.15, 0.2) is 0 Å². The monoisotopic (exact) mass is 328 g/mol. The highest BCUT2D eigenvalue weighted by molar-refractivity contribution is 6.33. The number of amides is 2. The summed E-state index contributed by atoms with van der Waals surface area (Å²) < 4.78 is 9.93. The van der Waals surface area contributed by atoms with Crippen LogP contribution in [0.2, 0.25) is 5.02 Å². The first-order valence-electron chi connectivity index (χ1n) is 6.91. The Balaban J connectivity index is 2.66. The molecule has 0 aliphatic carbocycles. The summed E-state index contributed by atoms with van der Waals surface area (Å²) in [6.07, 6.45) is 0. The number of halogens is 1. The zero-order valence-corrected chi connectivity index (χ0v) is 13.7. The van der Waals surface area contributed by atoms with Gasteiger partial charge in [-0.1, -0.05) is 11.6 Å². The normalized spacial score (nSPS) is 10.6. The maximum absolute atomic E-state index is 11.9. The zero-order chi connectivity index (χ0) is 16.5. The van der Waals surface area contributed by atoms with E-state index in [1.165, 1.54) is 6.07 Å². The van der Waals surface area contributed by atoms with E-state index in [0.717, 1.165) is 0 Å². The van der Waals surface area contributed by atoms with E-state index >= 15 is 0 Å². The van der Waals surface area contributed by atoms with Crippen molar-refractivity contribution in [2.24, 2.45) is 0 Å². The van der Waals surface area contributed by atoms with E-state index in [-0.39, 0.29) is 24.5 Å². The molecule has 0 aliphatic rings. The minimum absolute atomic E-state index is 0.0235. The first kappa shape index (κ1) is 18.4. The van der Waals surface area contributed by atoms with Crippen LogP contribution in [0.4, 0.5) is 5.69 Å². The molecule has 1 aromatic rings. The van der Waals surface area contributed by atoms with Crippen molar-refractivity contribution in [3.05, 3.63) is 28.8 Å². The number of carbonyl (C=O) groups is 2. The Hall–Kier alpha value is -1.63. The average molecular weight is 329 g/mol. The summed E-state index contributed by atoms with van der Waals surface area (Å²) in [5.74, 6) is -0.571. The van der Waals surface area contributed by atoms with E-state index in [1.807, 2.05) is 13.8 Å². The fourth-order valence-electron chi connectivity index (χ4n) is 1.60. The van der Waals surface area contributed by atoms with Crippen molar-refractivity contribution < 1.29 is 19.1 Å². The van der Waals surface area contributed by atoms with Crippen LogP contribution >= 0.6 is 11.6 Å². The predicted octanol–water partition coefficient (Wildman–Crippen LogP) is 2.08. The van der Waals surface area contributed by atoms with Crippen molar-refractivity contribution in [1.82, 2.24) is 5.32 Å². The van der Waals surface area contributed by atoms with Crippen LogP contribution in [0.3, 0.4) is 0 Å². The highest BCUT2D eigenvalue weighted by Crippen LogP contribution is 2.23. The van der Waals surface area contributed by atoms with Crippen LogP contribution in [-0.4, -0.2) is 44.8 Å². The average Bonchev–Trinajstić information content (AvgIpc) is 2.45. The SMILES string of the molecule is COCCOCC(=O)Nc1cc(C(=O)NC(C)C)ccc1Cl. The summed E-state index contributed by atoms with van der Waals surface area (Å²) in [7, 11) is 1.55. The van der Waals surface area contributed by atoms with E-state index in [2.05, 4.69) is 10.6 Å². The third-order valence-electron chi connectivity index (χ3n) is 2.59. The maximum atomic E-state index is 11.9. The molecule has 0 radical (unpaired) electrons. The molecule has 0 saturated carbocycles. The largest absolute Gasteiger partial charge is 0.382 e. The first-order chi connectivity index (χ1) is 10.4. The molecule has 0 saturated heterocycles. The van der Waals surface area contributed by atoms with Gasteiger partial charge in [0.2, 0.25) is 5.91 Å². The number of methoxy groups -OCH3 is 1. The second-order valence-corrected chi connectivity index (χ2v) is 5.32. The highest BCUT2D eigenvalue weighted by Gasteiger charge is 2.12. The van der Waals surface area contributed by atoms with Crippen LogP contribution in [0, 0.1) is 0 Å². The summed E-state index contributed by atoms with van der Waals surface area (Å²) in [4.78, 5) is 23.7. The third kappa shape index (κ3) is 6.43. The van der Waals surface area contributed by atoms with E-state index in [9.17, 15) is 9.59 Å². The fraction of sp³-hybridized carbons (Fsp3) is 0.467. The quantitative estimate of drug-likeness (QED) is 0.716. The van der Waals surface area contributed by atoms with Crippen LogP contribution < -0.4 is 10.6 Å². The fourth-order valence-corrected chi connectivity index (χ4v) is 1.77. The summed E-state index contributed by atoms with van der Waals surface area (Å²) in [5, 5.41) is 5.75. The van der Waals surface area contributed by atoms with Gasteiger partial charge in [0.25, 0.3) is 5.91 Å². The number of nitrogens with one attached hydrogen (secondary N) is 2. The molecular formula is C15H21ClN2O4. The number of benzene rings is 1. The van der Waals surface area contributed by atoms with Crippen LogP contribution in [0.5, 0.6) is 0 Å². The van der Waals surface area contributed by atoms with Crippen LogP contribution in [0.25, 0.3) is 0 Å². The molecule has 122 valence electrons. The van der Waals surface area contributed by atoms with Gasteiger partial charge >= 0.3 is 0 Å². The van der Waals surface area contributed by atoms with Crippen molar-refractivity contribution >= 4 is 29.1 Å². The molecule has 0 fully saturated rings. The molecule has 22 heavy (non-hydrogen) atoms. The van der Waals surface area contributed by atoms with Crippen molar-refractivity contribution in [3.8, 4) is 0 Å². The van der Waals surface area contributed by atoms with Crippen molar-refractivity contribution in [1.29, 1.82) is 0 Å². The third-order valence-corrected chi connectivity index (χ3v) is 2.92. The van der Waals surface area contributed by atoms with Gasteiger partial charge in [-0.15, -0.1) is 0 Å². The molecule has 1 rings (SSSR count). The molecule has 0 bridgehead atoms. The summed E-state index contributed by atoms with van der Waals surface area (Å²) >= 11 is 6.03. The van der Waals surface area contributed by atoms with Crippen molar-refractivity contribution in [2.45, 2.75) is 19.9 Å². The Bertz CT molecular complexity index is 520. The Morgan fingerprint density at radius 1 is 1.27 bits per heavy atom. The molecule has 7 heteroatoms. The molecule has 0 spiro atoms. The van der Waals surface area contributed by atoms with E-state index in [0.29, 0.717) is 29.5 Å². The first-order valence-corrected chi connectivity index (χ1v) is 7.28. The van der Waals surface area contributed by atoms with Crippen LogP contribution in [0.15, 0.2) is 18.2 Å². The van der Waals surface area contributed by atoms with E-state index in [1.54, 1.807) is 19.2 Å². The van der Waals surface area contributed by atoms with Gasteiger partial charge in [0.05, 0.1) is 23.9 Å². The molecular weight excluding hydrogens is 308 g/mol. The number of ether oxygens (including phenoxy) is 2. The minimum Gasteiger partial charge on any atom is -0.382 e. The second kappa shape index (κ2) is 9.40. The Morgan fingerprint density at radius 2 is 2.00 bits per heavy atom. The minimum atomic E-state index is -0.348. The topological polar surface area (TPSA) is 76.7 Å². The summed E-state index contributed by atoms with van der Waals surface area (Å²) in [6.45, 7) is 4.37. The maximum Gasteiger partial charge on any atom is 0.251 e. The molecule has 6 nitrogen and oxygen atoms in total. The number of carbonyl (C=O) groups excluding carboxylic acids is 2. The number of anilines is 1. The Kier molecular flexibility index (Phi) is 7.87. The lowest BCUT2D eigenvalue weighted by Crippen LogP contribution is -2.30. The molecule has 0 atom stereocenters. The number of hydrogen-bond acceptors (Lipinski definition) is 4. The van der Waals surface area contributed by atoms with Gasteiger partial charge in [-0.05, 0) is 32.0 Å². The van der Waals surface area contributed by atoms with E-state index < -0.39 is 0 Å². The van der Waals surface area contributed by atoms with Gasteiger partial charge in [-0.3, -0.25) is 9.59 Å². The standard InChI is InChI=1S/C15H21ClN2O4/c1-10(2)17-15(20)11-4-5-12(16)13(8-11)18-14(19)9-22-7-6-21-3/h4-5,8,10H,6-7,9H2,1-3H3,(H,17,20)(H,18,19). The highest BCUT2D eigenvalue weighted by atomic mass is 35.5. The number of rotatable bonds is 8.